The number of fused-ring (bicyclic) bond motifs is 2. The lowest BCUT2D eigenvalue weighted by atomic mass is 9.99. The van der Waals surface area contributed by atoms with E-state index >= 15 is 0 Å². The average Bonchev–Trinajstić information content (AvgIpc) is 2.98. The number of rotatable bonds is 5. The molecule has 4 aromatic rings. The highest BCUT2D eigenvalue weighted by Gasteiger charge is 2.31. The fraction of sp³-hybridized carbons (Fsp3) is 0.276. The Kier molecular flexibility index (Phi) is 6.88. The lowest BCUT2D eigenvalue weighted by molar-refractivity contribution is 0.0578. The number of aromatic nitrogens is 2. The van der Waals surface area contributed by atoms with Crippen LogP contribution in [0.4, 0.5) is 5.69 Å². The molecule has 0 radical (unpaired) electrons. The zero-order valence-corrected chi connectivity index (χ0v) is 22.3. The fourth-order valence-corrected chi connectivity index (χ4v) is 5.95. The minimum absolute atomic E-state index is 0.309. The summed E-state index contributed by atoms with van der Waals surface area (Å²) in [5, 5.41) is 7.03. The molecule has 0 saturated carbocycles. The van der Waals surface area contributed by atoms with Gasteiger partial charge in [0.2, 0.25) is 0 Å². The number of hydrogen-bond donors (Lipinski definition) is 1. The maximum atomic E-state index is 6.76. The number of nitrogens with zero attached hydrogens (tertiary/aromatic N) is 5. The molecule has 194 valence electrons. The van der Waals surface area contributed by atoms with E-state index in [-0.39, 0.29) is 6.17 Å². The molecule has 0 aliphatic carbocycles. The van der Waals surface area contributed by atoms with Gasteiger partial charge in [0.05, 0.1) is 30.6 Å². The Balaban J connectivity index is 1.27. The highest BCUT2D eigenvalue weighted by atomic mass is 32.2. The quantitative estimate of drug-likeness (QED) is 0.387. The van der Waals surface area contributed by atoms with E-state index in [2.05, 4.69) is 57.3 Å². The molecule has 0 amide bonds. The third-order valence-corrected chi connectivity index (χ3v) is 8.20. The lowest BCUT2D eigenvalue weighted by Crippen LogP contribution is -2.46. The van der Waals surface area contributed by atoms with Crippen LogP contribution in [0.5, 0.6) is 5.75 Å². The van der Waals surface area contributed by atoms with Crippen molar-refractivity contribution in [3.8, 4) is 5.75 Å². The largest absolute Gasteiger partial charge is 0.495 e. The van der Waals surface area contributed by atoms with E-state index in [9.17, 15) is 0 Å². The zero-order chi connectivity index (χ0) is 26.1. The fourth-order valence-electron chi connectivity index (χ4n) is 5.04. The number of anilines is 1. The number of likely N-dealkylation sites (tertiary alicyclic amines) is 1. The summed E-state index contributed by atoms with van der Waals surface area (Å²) in [6, 6.07) is 20.6. The van der Waals surface area contributed by atoms with E-state index < -0.39 is 0 Å². The highest BCUT2D eigenvalue weighted by Crippen LogP contribution is 2.36. The molecule has 2 aromatic carbocycles. The minimum Gasteiger partial charge on any atom is -0.495 e. The van der Waals surface area contributed by atoms with Crippen LogP contribution >= 0.6 is 11.8 Å². The van der Waals surface area contributed by atoms with Crippen LogP contribution in [0.1, 0.15) is 30.1 Å². The second-order valence-electron chi connectivity index (χ2n) is 9.37. The monoisotopic (exact) mass is 526 g/mol. The summed E-state index contributed by atoms with van der Waals surface area (Å²) in [7, 11) is 3.42. The molecule has 0 spiro atoms. The normalized spacial score (nSPS) is 17.9. The van der Waals surface area contributed by atoms with Crippen molar-refractivity contribution in [1.29, 1.82) is 0 Å². The molecule has 2 aromatic heterocycles. The van der Waals surface area contributed by atoms with E-state index in [1.807, 2.05) is 23.2 Å². The number of hydrogen-bond acceptors (Lipinski definition) is 9. The Hall–Kier alpha value is -3.66. The third kappa shape index (κ3) is 4.69. The SMILES string of the molecule is COc1cnc2c(Sc3ccc(N4N=C(N5CCC(OC)CC5)c5ccccc5C4N)cc3)ccnc2c1. The number of benzene rings is 2. The molecule has 1 atom stereocenters. The average molecular weight is 527 g/mol. The molecular formula is C29H30N6O2S. The van der Waals surface area contributed by atoms with Gasteiger partial charge in [0.25, 0.3) is 0 Å². The van der Waals surface area contributed by atoms with Crippen LogP contribution in [-0.2, 0) is 4.74 Å². The Morgan fingerprint density at radius 1 is 0.974 bits per heavy atom. The first kappa shape index (κ1) is 24.7. The van der Waals surface area contributed by atoms with Gasteiger partial charge in [-0.1, -0.05) is 36.0 Å². The van der Waals surface area contributed by atoms with Gasteiger partial charge in [0, 0.05) is 53.4 Å². The molecule has 2 N–H and O–H groups in total. The van der Waals surface area contributed by atoms with Gasteiger partial charge in [0.15, 0.2) is 5.84 Å². The van der Waals surface area contributed by atoms with Crippen molar-refractivity contribution in [2.24, 2.45) is 10.8 Å². The van der Waals surface area contributed by atoms with Crippen LogP contribution in [-0.4, -0.2) is 54.1 Å². The number of pyridine rings is 2. The van der Waals surface area contributed by atoms with Gasteiger partial charge in [-0.15, -0.1) is 0 Å². The molecule has 1 saturated heterocycles. The maximum absolute atomic E-state index is 6.76. The predicted molar refractivity (Wildman–Crippen MR) is 151 cm³/mol. The summed E-state index contributed by atoms with van der Waals surface area (Å²) >= 11 is 1.65. The van der Waals surface area contributed by atoms with Crippen LogP contribution < -0.4 is 15.5 Å². The summed E-state index contributed by atoms with van der Waals surface area (Å²) in [6.07, 6.45) is 5.44. The van der Waals surface area contributed by atoms with Crippen LogP contribution in [0.25, 0.3) is 11.0 Å². The van der Waals surface area contributed by atoms with Crippen molar-refractivity contribution < 1.29 is 9.47 Å². The van der Waals surface area contributed by atoms with Crippen molar-refractivity contribution in [2.75, 3.05) is 32.3 Å². The van der Waals surface area contributed by atoms with Crippen molar-refractivity contribution >= 4 is 34.3 Å². The molecule has 0 bridgehead atoms. The molecular weight excluding hydrogens is 496 g/mol. The minimum atomic E-state index is -0.367. The first-order valence-electron chi connectivity index (χ1n) is 12.7. The number of amidine groups is 1. The van der Waals surface area contributed by atoms with Crippen molar-refractivity contribution in [3.05, 3.63) is 84.2 Å². The van der Waals surface area contributed by atoms with Gasteiger partial charge in [0.1, 0.15) is 17.4 Å². The van der Waals surface area contributed by atoms with Gasteiger partial charge in [-0.25, -0.2) is 9.99 Å². The number of nitrogens with two attached hydrogens (primary N) is 1. The Morgan fingerprint density at radius 3 is 2.53 bits per heavy atom. The van der Waals surface area contributed by atoms with Crippen molar-refractivity contribution in [3.63, 3.8) is 0 Å². The summed E-state index contributed by atoms with van der Waals surface area (Å²) in [4.78, 5) is 13.5. The second-order valence-corrected chi connectivity index (χ2v) is 10.5. The van der Waals surface area contributed by atoms with Gasteiger partial charge in [-0.2, -0.15) is 5.10 Å². The van der Waals surface area contributed by atoms with E-state index in [4.69, 9.17) is 20.3 Å². The Morgan fingerprint density at radius 2 is 1.76 bits per heavy atom. The summed E-state index contributed by atoms with van der Waals surface area (Å²) < 4.78 is 10.9. The van der Waals surface area contributed by atoms with E-state index in [1.165, 1.54) is 0 Å². The highest BCUT2D eigenvalue weighted by molar-refractivity contribution is 7.99. The van der Waals surface area contributed by atoms with Gasteiger partial charge >= 0.3 is 0 Å². The lowest BCUT2D eigenvalue weighted by Gasteiger charge is -2.39. The molecule has 6 rings (SSSR count). The molecule has 4 heterocycles. The van der Waals surface area contributed by atoms with Crippen LogP contribution in [0.2, 0.25) is 0 Å². The topological polar surface area (TPSA) is 89.1 Å². The van der Waals surface area contributed by atoms with Crippen molar-refractivity contribution in [1.82, 2.24) is 14.9 Å². The molecule has 8 nitrogen and oxygen atoms in total. The van der Waals surface area contributed by atoms with E-state index in [0.717, 1.165) is 69.4 Å². The Labute approximate surface area is 226 Å². The van der Waals surface area contributed by atoms with Crippen molar-refractivity contribution in [2.45, 2.75) is 34.9 Å². The molecule has 2 aliphatic heterocycles. The van der Waals surface area contributed by atoms with Crippen LogP contribution in [0.15, 0.2) is 87.9 Å². The maximum Gasteiger partial charge on any atom is 0.156 e. The van der Waals surface area contributed by atoms with Crippen LogP contribution in [0, 0.1) is 0 Å². The first-order valence-corrected chi connectivity index (χ1v) is 13.5. The van der Waals surface area contributed by atoms with E-state index in [1.54, 1.807) is 38.4 Å². The number of ether oxygens (including phenoxy) is 2. The Bertz CT molecular complexity index is 1470. The molecule has 9 heteroatoms. The molecule has 1 fully saturated rings. The third-order valence-electron chi connectivity index (χ3n) is 7.14. The summed E-state index contributed by atoms with van der Waals surface area (Å²) in [5.74, 6) is 1.67. The second kappa shape index (κ2) is 10.6. The predicted octanol–water partition coefficient (Wildman–Crippen LogP) is 5.04. The first-order chi connectivity index (χ1) is 18.6. The number of methoxy groups -OCH3 is 2. The van der Waals surface area contributed by atoms with Gasteiger partial charge in [-0.05, 0) is 43.2 Å². The molecule has 38 heavy (non-hydrogen) atoms. The van der Waals surface area contributed by atoms with Crippen LogP contribution in [0.3, 0.4) is 0 Å². The van der Waals surface area contributed by atoms with E-state index in [0.29, 0.717) is 11.9 Å². The number of hydrazone groups is 1. The number of piperidine rings is 1. The summed E-state index contributed by atoms with van der Waals surface area (Å²) in [6.45, 7) is 1.81. The standard InChI is InChI=1S/C29H30N6O2S/c1-36-20-12-15-34(16-13-20)29-24-6-4-3-5-23(24)28(30)35(33-29)19-7-9-22(10-8-19)38-26-11-14-31-25-17-21(37-2)18-32-27(25)26/h3-11,14,17-18,20,28H,12-13,15-16,30H2,1-2H3. The molecule has 1 unspecified atom stereocenters. The zero-order valence-electron chi connectivity index (χ0n) is 21.4. The smallest absolute Gasteiger partial charge is 0.156 e. The van der Waals surface area contributed by atoms with Gasteiger partial charge in [-0.3, -0.25) is 4.98 Å². The summed E-state index contributed by atoms with van der Waals surface area (Å²) in [5.41, 5.74) is 11.5. The molecule has 2 aliphatic rings. The van der Waals surface area contributed by atoms with Gasteiger partial charge < -0.3 is 20.1 Å².